The number of aromatic carboxylic acids is 1. The van der Waals surface area contributed by atoms with Crippen molar-refractivity contribution in [2.24, 2.45) is 0 Å². The number of rotatable bonds is 4. The molecule has 0 aliphatic rings. The Morgan fingerprint density at radius 3 is 2.59 bits per heavy atom. The van der Waals surface area contributed by atoms with Gasteiger partial charge in [0.05, 0.1) is 17.9 Å². The van der Waals surface area contributed by atoms with E-state index < -0.39 is 18.2 Å². The van der Waals surface area contributed by atoms with Crippen molar-refractivity contribution in [1.29, 1.82) is 0 Å². The van der Waals surface area contributed by atoms with E-state index in [1.165, 1.54) is 12.1 Å². The topological polar surface area (TPSA) is 59.4 Å². The van der Waals surface area contributed by atoms with Gasteiger partial charge in [-0.3, -0.25) is 4.98 Å². The molecule has 0 saturated heterocycles. The summed E-state index contributed by atoms with van der Waals surface area (Å²) in [6.45, 7) is 0.576. The van der Waals surface area contributed by atoms with E-state index in [-0.39, 0.29) is 17.9 Å². The van der Waals surface area contributed by atoms with Gasteiger partial charge in [-0.25, -0.2) is 4.79 Å². The van der Waals surface area contributed by atoms with Crippen molar-refractivity contribution in [3.8, 4) is 0 Å². The third kappa shape index (κ3) is 4.03. The van der Waals surface area contributed by atoms with Crippen LogP contribution in [0.2, 0.25) is 0 Å². The summed E-state index contributed by atoms with van der Waals surface area (Å²) in [5, 5.41) is 8.58. The quantitative estimate of drug-likeness (QED) is 0.889. The number of carbonyl (C=O) groups is 1. The number of pyridine rings is 1. The molecule has 0 saturated carbocycles. The van der Waals surface area contributed by atoms with Crippen LogP contribution in [0.4, 0.5) is 13.2 Å². The van der Waals surface area contributed by atoms with Crippen LogP contribution in [0.25, 0.3) is 0 Å². The second-order valence-electron chi connectivity index (χ2n) is 3.34. The number of halogens is 3. The SMILES string of the molecule is CC(OCc1ccc(C(=O)O)cn1)C(F)(F)F. The molecule has 0 aromatic carbocycles. The number of aromatic nitrogens is 1. The fraction of sp³-hybridized carbons (Fsp3) is 0.400. The molecule has 0 bridgehead atoms. The molecular weight excluding hydrogens is 239 g/mol. The third-order valence-electron chi connectivity index (χ3n) is 2.01. The van der Waals surface area contributed by atoms with E-state index in [1.807, 2.05) is 0 Å². The zero-order valence-electron chi connectivity index (χ0n) is 8.86. The minimum absolute atomic E-state index is 0.0300. The lowest BCUT2D eigenvalue weighted by molar-refractivity contribution is -0.217. The van der Waals surface area contributed by atoms with Crippen LogP contribution in [0.15, 0.2) is 18.3 Å². The van der Waals surface area contributed by atoms with Crippen LogP contribution in [-0.4, -0.2) is 28.3 Å². The van der Waals surface area contributed by atoms with Crippen molar-refractivity contribution in [2.75, 3.05) is 0 Å². The van der Waals surface area contributed by atoms with Gasteiger partial charge in [0.1, 0.15) is 0 Å². The van der Waals surface area contributed by atoms with E-state index >= 15 is 0 Å². The minimum Gasteiger partial charge on any atom is -0.478 e. The summed E-state index contributed by atoms with van der Waals surface area (Å²) in [5.74, 6) is -1.14. The fourth-order valence-electron chi connectivity index (χ4n) is 0.941. The van der Waals surface area contributed by atoms with E-state index in [9.17, 15) is 18.0 Å². The number of hydrogen-bond acceptors (Lipinski definition) is 3. The summed E-state index contributed by atoms with van der Waals surface area (Å²) in [7, 11) is 0. The molecule has 1 rings (SSSR count). The molecule has 0 amide bonds. The first-order valence-electron chi connectivity index (χ1n) is 4.67. The van der Waals surface area contributed by atoms with Crippen molar-refractivity contribution >= 4 is 5.97 Å². The molecule has 1 heterocycles. The summed E-state index contributed by atoms with van der Waals surface area (Å²) in [6, 6.07) is 2.57. The van der Waals surface area contributed by atoms with Crippen molar-refractivity contribution in [3.63, 3.8) is 0 Å². The maximum Gasteiger partial charge on any atom is 0.414 e. The van der Waals surface area contributed by atoms with Crippen molar-refractivity contribution in [2.45, 2.75) is 25.8 Å². The Kier molecular flexibility index (Phi) is 4.06. The highest BCUT2D eigenvalue weighted by atomic mass is 19.4. The Morgan fingerprint density at radius 1 is 1.53 bits per heavy atom. The monoisotopic (exact) mass is 249 g/mol. The smallest absolute Gasteiger partial charge is 0.414 e. The largest absolute Gasteiger partial charge is 0.478 e. The third-order valence-corrected chi connectivity index (χ3v) is 2.01. The molecule has 0 spiro atoms. The van der Waals surface area contributed by atoms with Crippen LogP contribution in [0, 0.1) is 0 Å². The van der Waals surface area contributed by atoms with Crippen LogP contribution in [-0.2, 0) is 11.3 Å². The average Bonchev–Trinajstić information content (AvgIpc) is 2.25. The highest BCUT2D eigenvalue weighted by molar-refractivity contribution is 5.87. The average molecular weight is 249 g/mol. The predicted octanol–water partition coefficient (Wildman–Crippen LogP) is 2.25. The molecule has 1 atom stereocenters. The maximum absolute atomic E-state index is 12.1. The summed E-state index contributed by atoms with van der Waals surface area (Å²) in [6.07, 6.45) is -5.23. The lowest BCUT2D eigenvalue weighted by Gasteiger charge is -2.15. The lowest BCUT2D eigenvalue weighted by atomic mass is 10.2. The standard InChI is InChI=1S/C10H10F3NO3/c1-6(10(11,12)13)17-5-8-3-2-7(4-14-8)9(15)16/h2-4,6H,5H2,1H3,(H,15,16). The normalized spacial score (nSPS) is 13.4. The molecule has 1 N–H and O–H groups in total. The van der Waals surface area contributed by atoms with Gasteiger partial charge in [-0.05, 0) is 19.1 Å². The van der Waals surface area contributed by atoms with Crippen molar-refractivity contribution in [3.05, 3.63) is 29.6 Å². The molecule has 0 aliphatic carbocycles. The Morgan fingerprint density at radius 2 is 2.18 bits per heavy atom. The van der Waals surface area contributed by atoms with Crippen molar-refractivity contribution in [1.82, 2.24) is 4.98 Å². The van der Waals surface area contributed by atoms with E-state index in [4.69, 9.17) is 5.11 Å². The first kappa shape index (κ1) is 13.4. The zero-order chi connectivity index (χ0) is 13.1. The molecule has 1 aromatic rings. The highest BCUT2D eigenvalue weighted by Gasteiger charge is 2.36. The molecule has 94 valence electrons. The van der Waals surface area contributed by atoms with Gasteiger partial charge in [0, 0.05) is 6.20 Å². The number of alkyl halides is 3. The van der Waals surface area contributed by atoms with Crippen LogP contribution in [0.1, 0.15) is 23.0 Å². The second kappa shape index (κ2) is 5.13. The van der Waals surface area contributed by atoms with Crippen LogP contribution >= 0.6 is 0 Å². The molecule has 1 unspecified atom stereocenters. The van der Waals surface area contributed by atoms with E-state index in [1.54, 1.807) is 0 Å². The predicted molar refractivity (Wildman–Crippen MR) is 51.5 cm³/mol. The number of ether oxygens (including phenoxy) is 1. The summed E-state index contributed by atoms with van der Waals surface area (Å²) in [5.41, 5.74) is 0.212. The molecule has 7 heteroatoms. The summed E-state index contributed by atoms with van der Waals surface area (Å²) < 4.78 is 40.9. The van der Waals surface area contributed by atoms with Gasteiger partial charge >= 0.3 is 12.1 Å². The molecule has 17 heavy (non-hydrogen) atoms. The number of hydrogen-bond donors (Lipinski definition) is 1. The van der Waals surface area contributed by atoms with Gasteiger partial charge < -0.3 is 9.84 Å². The minimum atomic E-state index is -4.42. The Bertz CT molecular complexity index is 389. The lowest BCUT2D eigenvalue weighted by Crippen LogP contribution is -2.28. The summed E-state index contributed by atoms with van der Waals surface area (Å²) >= 11 is 0. The van der Waals surface area contributed by atoms with Crippen LogP contribution in [0.5, 0.6) is 0 Å². The van der Waals surface area contributed by atoms with Gasteiger partial charge in [0.2, 0.25) is 0 Å². The molecular formula is C10H10F3NO3. The second-order valence-corrected chi connectivity index (χ2v) is 3.34. The van der Waals surface area contributed by atoms with E-state index in [0.29, 0.717) is 0 Å². The Hall–Kier alpha value is -1.63. The van der Waals surface area contributed by atoms with E-state index in [2.05, 4.69) is 9.72 Å². The van der Waals surface area contributed by atoms with Gasteiger partial charge in [-0.2, -0.15) is 13.2 Å². The maximum atomic E-state index is 12.1. The van der Waals surface area contributed by atoms with Gasteiger partial charge in [0.25, 0.3) is 0 Å². The first-order chi connectivity index (χ1) is 7.80. The van der Waals surface area contributed by atoms with Crippen LogP contribution in [0.3, 0.4) is 0 Å². The highest BCUT2D eigenvalue weighted by Crippen LogP contribution is 2.22. The molecule has 0 aliphatic heterocycles. The molecule has 0 radical (unpaired) electrons. The van der Waals surface area contributed by atoms with Gasteiger partial charge in [-0.15, -0.1) is 0 Å². The zero-order valence-corrected chi connectivity index (χ0v) is 8.86. The molecule has 1 aromatic heterocycles. The van der Waals surface area contributed by atoms with E-state index in [0.717, 1.165) is 13.1 Å². The van der Waals surface area contributed by atoms with Gasteiger partial charge in [-0.1, -0.05) is 0 Å². The Labute approximate surface area is 95.0 Å². The number of carboxylic acid groups (broad SMARTS) is 1. The van der Waals surface area contributed by atoms with Gasteiger partial charge in [0.15, 0.2) is 6.10 Å². The number of carboxylic acids is 1. The molecule has 4 nitrogen and oxygen atoms in total. The number of nitrogens with zero attached hydrogens (tertiary/aromatic N) is 1. The first-order valence-corrected chi connectivity index (χ1v) is 4.67. The fourth-order valence-corrected chi connectivity index (χ4v) is 0.941. The Balaban J connectivity index is 2.56. The summed E-state index contributed by atoms with van der Waals surface area (Å²) in [4.78, 5) is 14.2. The van der Waals surface area contributed by atoms with Crippen molar-refractivity contribution < 1.29 is 27.8 Å². The van der Waals surface area contributed by atoms with Crippen LogP contribution < -0.4 is 0 Å². The molecule has 0 fully saturated rings.